The van der Waals surface area contributed by atoms with Crippen LogP contribution in [-0.4, -0.2) is 41.6 Å². The van der Waals surface area contributed by atoms with Gasteiger partial charge in [-0.2, -0.15) is 0 Å². The molecule has 1 amide bonds. The van der Waals surface area contributed by atoms with E-state index in [-0.39, 0.29) is 18.0 Å². The maximum Gasteiger partial charge on any atom is 0.326 e. The van der Waals surface area contributed by atoms with Gasteiger partial charge in [0.1, 0.15) is 12.1 Å². The van der Waals surface area contributed by atoms with Gasteiger partial charge >= 0.3 is 11.9 Å². The number of rotatable bonds is 43. The van der Waals surface area contributed by atoms with Crippen molar-refractivity contribution in [3.8, 4) is 0 Å². The molecule has 0 aromatic carbocycles. The van der Waals surface area contributed by atoms with Crippen molar-refractivity contribution in [2.24, 2.45) is 5.73 Å². The van der Waals surface area contributed by atoms with Gasteiger partial charge in [-0.1, -0.05) is 194 Å². The minimum Gasteiger partial charge on any atom is -0.480 e. The molecule has 0 aliphatic heterocycles. The Bertz CT molecular complexity index is 807. The first-order chi connectivity index (χ1) is 25.9. The van der Waals surface area contributed by atoms with Gasteiger partial charge in [0.2, 0.25) is 5.91 Å². The molecule has 0 saturated carbocycles. The lowest BCUT2D eigenvalue weighted by atomic mass is 10.0. The molecule has 7 heteroatoms. The molecule has 0 bridgehead atoms. The van der Waals surface area contributed by atoms with E-state index in [2.05, 4.69) is 19.2 Å². The first kappa shape index (κ1) is 51.4. The monoisotopic (exact) mass is 751 g/mol. The SMILES string of the molecule is CCCCCCCCCCCCCCCCCCCC(=O)OC(CCCCCCCCCCCC)CCCCCCCC(=O)NC(CCCN)C(=O)O. The van der Waals surface area contributed by atoms with Gasteiger partial charge in [0.15, 0.2) is 0 Å². The van der Waals surface area contributed by atoms with Gasteiger partial charge in [0.25, 0.3) is 0 Å². The number of hydrogen-bond donors (Lipinski definition) is 3. The number of amides is 1. The highest BCUT2D eigenvalue weighted by Crippen LogP contribution is 2.19. The number of hydrogen-bond acceptors (Lipinski definition) is 5. The highest BCUT2D eigenvalue weighted by atomic mass is 16.5. The first-order valence-electron chi connectivity index (χ1n) is 23.4. The predicted molar refractivity (Wildman–Crippen MR) is 225 cm³/mol. The van der Waals surface area contributed by atoms with E-state index in [9.17, 15) is 19.5 Å². The molecule has 53 heavy (non-hydrogen) atoms. The third-order valence-corrected chi connectivity index (χ3v) is 10.9. The van der Waals surface area contributed by atoms with E-state index >= 15 is 0 Å². The summed E-state index contributed by atoms with van der Waals surface area (Å²) in [5, 5.41) is 11.9. The number of nitrogens with one attached hydrogen (secondary N) is 1. The molecule has 0 heterocycles. The normalized spacial score (nSPS) is 12.5. The Balaban J connectivity index is 4.18. The number of carboxylic acids is 1. The summed E-state index contributed by atoms with van der Waals surface area (Å²) in [4.78, 5) is 36.4. The molecular weight excluding hydrogens is 661 g/mol. The molecule has 0 radical (unpaired) electrons. The third-order valence-electron chi connectivity index (χ3n) is 10.9. The van der Waals surface area contributed by atoms with Crippen LogP contribution in [0.4, 0.5) is 0 Å². The van der Waals surface area contributed by atoms with Crippen molar-refractivity contribution in [1.29, 1.82) is 0 Å². The standard InChI is InChI=1S/C46H90N2O5/c1-3-5-7-9-11-13-15-16-17-18-19-20-21-23-25-30-34-40-45(50)53-42(36-31-27-24-22-14-12-10-8-6-4-2)37-32-28-26-29-33-39-44(49)48-43(46(51)52)38-35-41-47/h42-43H,3-41,47H2,1-2H3,(H,48,49)(H,51,52). The van der Waals surface area contributed by atoms with Crippen LogP contribution in [0.5, 0.6) is 0 Å². The van der Waals surface area contributed by atoms with E-state index in [0.29, 0.717) is 32.2 Å². The molecule has 0 fully saturated rings. The second-order valence-corrected chi connectivity index (χ2v) is 16.2. The van der Waals surface area contributed by atoms with Crippen LogP contribution in [0.2, 0.25) is 0 Å². The average molecular weight is 751 g/mol. The lowest BCUT2D eigenvalue weighted by molar-refractivity contribution is -0.150. The second kappa shape index (κ2) is 41.5. The molecule has 0 rings (SSSR count). The number of carbonyl (C=O) groups is 3. The van der Waals surface area contributed by atoms with Gasteiger partial charge in [-0.3, -0.25) is 9.59 Å². The van der Waals surface area contributed by atoms with Crippen LogP contribution in [0.25, 0.3) is 0 Å². The van der Waals surface area contributed by atoms with Crippen LogP contribution in [0, 0.1) is 0 Å². The minimum atomic E-state index is -1.000. The summed E-state index contributed by atoms with van der Waals surface area (Å²) in [6.07, 6.45) is 44.4. The molecule has 0 spiro atoms. The number of aliphatic carboxylic acids is 1. The fourth-order valence-electron chi connectivity index (χ4n) is 7.39. The molecule has 314 valence electrons. The molecule has 7 nitrogen and oxygen atoms in total. The Morgan fingerprint density at radius 1 is 0.472 bits per heavy atom. The van der Waals surface area contributed by atoms with Crippen LogP contribution in [-0.2, 0) is 19.1 Å². The molecule has 2 atom stereocenters. The van der Waals surface area contributed by atoms with Gasteiger partial charge < -0.3 is 20.9 Å². The van der Waals surface area contributed by atoms with E-state index in [0.717, 1.165) is 64.2 Å². The smallest absolute Gasteiger partial charge is 0.326 e. The van der Waals surface area contributed by atoms with Gasteiger partial charge in [-0.05, 0) is 57.9 Å². The Labute approximate surface area is 328 Å². The summed E-state index contributed by atoms with van der Waals surface area (Å²) < 4.78 is 6.06. The zero-order valence-corrected chi connectivity index (χ0v) is 35.4. The topological polar surface area (TPSA) is 119 Å². The third kappa shape index (κ3) is 38.4. The fourth-order valence-corrected chi connectivity index (χ4v) is 7.39. The zero-order valence-electron chi connectivity index (χ0n) is 35.4. The number of carboxylic acid groups (broad SMARTS) is 1. The largest absolute Gasteiger partial charge is 0.480 e. The summed E-state index contributed by atoms with van der Waals surface area (Å²) >= 11 is 0. The quantitative estimate of drug-likeness (QED) is 0.0422. The van der Waals surface area contributed by atoms with Crippen LogP contribution in [0.3, 0.4) is 0 Å². The maximum absolute atomic E-state index is 12.8. The first-order valence-corrected chi connectivity index (χ1v) is 23.4. The fraction of sp³-hybridized carbons (Fsp3) is 0.935. The van der Waals surface area contributed by atoms with Crippen molar-refractivity contribution in [3.05, 3.63) is 0 Å². The van der Waals surface area contributed by atoms with Gasteiger partial charge in [-0.15, -0.1) is 0 Å². The van der Waals surface area contributed by atoms with E-state index in [1.54, 1.807) is 0 Å². The zero-order chi connectivity index (χ0) is 38.9. The van der Waals surface area contributed by atoms with Crippen LogP contribution in [0.1, 0.15) is 258 Å². The van der Waals surface area contributed by atoms with Crippen LogP contribution < -0.4 is 11.1 Å². The number of ether oxygens (including phenoxy) is 1. The van der Waals surface area contributed by atoms with E-state index in [1.807, 2.05) is 0 Å². The lowest BCUT2D eigenvalue weighted by Gasteiger charge is -2.18. The average Bonchev–Trinajstić information content (AvgIpc) is 3.14. The molecular formula is C46H90N2O5. The predicted octanol–water partition coefficient (Wildman–Crippen LogP) is 13.3. The van der Waals surface area contributed by atoms with Crippen LogP contribution in [0.15, 0.2) is 0 Å². The number of carbonyl (C=O) groups excluding carboxylic acids is 2. The summed E-state index contributed by atoms with van der Waals surface area (Å²) in [5.74, 6) is -1.21. The summed E-state index contributed by atoms with van der Waals surface area (Å²) in [5.41, 5.74) is 5.49. The highest BCUT2D eigenvalue weighted by molar-refractivity contribution is 5.83. The van der Waals surface area contributed by atoms with Crippen molar-refractivity contribution in [2.45, 2.75) is 270 Å². The molecule has 0 aliphatic rings. The van der Waals surface area contributed by atoms with Crippen molar-refractivity contribution in [1.82, 2.24) is 5.32 Å². The van der Waals surface area contributed by atoms with E-state index < -0.39 is 12.0 Å². The molecule has 0 aromatic heterocycles. The number of unbranched alkanes of at least 4 members (excludes halogenated alkanes) is 29. The van der Waals surface area contributed by atoms with Gasteiger partial charge in [0.05, 0.1) is 0 Å². The maximum atomic E-state index is 12.8. The van der Waals surface area contributed by atoms with Crippen molar-refractivity contribution < 1.29 is 24.2 Å². The Morgan fingerprint density at radius 2 is 0.811 bits per heavy atom. The van der Waals surface area contributed by atoms with Crippen molar-refractivity contribution >= 4 is 17.8 Å². The number of nitrogens with two attached hydrogens (primary N) is 1. The van der Waals surface area contributed by atoms with E-state index in [1.165, 1.54) is 154 Å². The van der Waals surface area contributed by atoms with Gasteiger partial charge in [0, 0.05) is 12.8 Å². The molecule has 2 unspecified atom stereocenters. The molecule has 0 saturated heterocycles. The summed E-state index contributed by atoms with van der Waals surface area (Å²) in [7, 11) is 0. The molecule has 4 N–H and O–H groups in total. The number of esters is 1. The van der Waals surface area contributed by atoms with E-state index in [4.69, 9.17) is 10.5 Å². The Morgan fingerprint density at radius 3 is 1.17 bits per heavy atom. The molecule has 0 aromatic rings. The lowest BCUT2D eigenvalue weighted by Crippen LogP contribution is -2.40. The highest BCUT2D eigenvalue weighted by Gasteiger charge is 2.19. The van der Waals surface area contributed by atoms with Crippen LogP contribution >= 0.6 is 0 Å². The van der Waals surface area contributed by atoms with Crippen molar-refractivity contribution in [3.63, 3.8) is 0 Å². The summed E-state index contributed by atoms with van der Waals surface area (Å²) in [6.45, 7) is 4.97. The minimum absolute atomic E-state index is 0.0137. The van der Waals surface area contributed by atoms with Gasteiger partial charge in [-0.25, -0.2) is 4.79 Å². The second-order valence-electron chi connectivity index (χ2n) is 16.2. The Kier molecular flexibility index (Phi) is 40.3. The summed E-state index contributed by atoms with van der Waals surface area (Å²) in [6, 6.07) is -0.852. The Hall–Kier alpha value is -1.63. The molecule has 0 aliphatic carbocycles. The van der Waals surface area contributed by atoms with Crippen molar-refractivity contribution in [2.75, 3.05) is 6.54 Å².